The van der Waals surface area contributed by atoms with Crippen LogP contribution < -0.4 is 14.8 Å². The summed E-state index contributed by atoms with van der Waals surface area (Å²) < 4.78 is 34.5. The third-order valence-corrected chi connectivity index (χ3v) is 8.11. The summed E-state index contributed by atoms with van der Waals surface area (Å²) in [6.45, 7) is 3.90. The molecule has 3 aromatic rings. The van der Waals surface area contributed by atoms with Crippen LogP contribution in [0.5, 0.6) is 5.75 Å². The zero-order valence-electron chi connectivity index (χ0n) is 19.0. The van der Waals surface area contributed by atoms with Crippen LogP contribution in [0.2, 0.25) is 0 Å². The molecule has 5 rings (SSSR count). The molecule has 2 aliphatic rings. The molecule has 2 N–H and O–H groups in total. The Balaban J connectivity index is 1.47. The van der Waals surface area contributed by atoms with E-state index in [1.165, 1.54) is 5.56 Å². The minimum absolute atomic E-state index is 0.152. The number of rotatable bonds is 5. The monoisotopic (exact) mass is 460 g/mol. The number of anilines is 2. The molecule has 0 aromatic heterocycles. The smallest absolute Gasteiger partial charge is 0.261 e. The van der Waals surface area contributed by atoms with E-state index in [-0.39, 0.29) is 16.9 Å². The van der Waals surface area contributed by atoms with E-state index in [0.717, 1.165) is 34.5 Å². The lowest BCUT2D eigenvalue weighted by molar-refractivity contribution is 0.411. The summed E-state index contributed by atoms with van der Waals surface area (Å²) >= 11 is 0. The minimum Gasteiger partial charge on any atom is -0.497 e. The van der Waals surface area contributed by atoms with Crippen LogP contribution >= 0.6 is 0 Å². The van der Waals surface area contributed by atoms with Gasteiger partial charge >= 0.3 is 0 Å². The molecule has 33 heavy (non-hydrogen) atoms. The number of sulfonamides is 1. The van der Waals surface area contributed by atoms with Crippen molar-refractivity contribution in [2.45, 2.75) is 37.1 Å². The molecule has 0 amide bonds. The quantitative estimate of drug-likeness (QED) is 0.463. The second-order valence-corrected chi connectivity index (χ2v) is 10.6. The Kier molecular flexibility index (Phi) is 5.41. The number of ether oxygens (including phenoxy) is 1. The van der Waals surface area contributed by atoms with Crippen LogP contribution in [-0.2, 0) is 10.0 Å². The lowest BCUT2D eigenvalue weighted by Crippen LogP contribution is -2.29. The minimum atomic E-state index is -3.70. The van der Waals surface area contributed by atoms with Gasteiger partial charge in [-0.15, -0.1) is 0 Å². The van der Waals surface area contributed by atoms with Crippen molar-refractivity contribution in [3.05, 3.63) is 95.1 Å². The molecule has 0 unspecified atom stereocenters. The van der Waals surface area contributed by atoms with Crippen molar-refractivity contribution < 1.29 is 13.2 Å². The number of hydrogen-bond donors (Lipinski definition) is 2. The topological polar surface area (TPSA) is 67.4 Å². The van der Waals surface area contributed by atoms with Crippen LogP contribution in [-0.4, -0.2) is 15.5 Å². The number of allylic oxidation sites excluding steroid dienone is 2. The van der Waals surface area contributed by atoms with Gasteiger partial charge in [-0.1, -0.05) is 42.0 Å². The highest BCUT2D eigenvalue weighted by atomic mass is 32.2. The van der Waals surface area contributed by atoms with Crippen molar-refractivity contribution in [2.24, 2.45) is 5.92 Å². The van der Waals surface area contributed by atoms with Gasteiger partial charge < -0.3 is 10.1 Å². The van der Waals surface area contributed by atoms with Crippen molar-refractivity contribution in [2.75, 3.05) is 17.1 Å². The maximum atomic E-state index is 13.2. The predicted molar refractivity (Wildman–Crippen MR) is 133 cm³/mol. The molecule has 170 valence electrons. The van der Waals surface area contributed by atoms with Gasteiger partial charge in [0.1, 0.15) is 5.75 Å². The molecule has 0 bridgehead atoms. The van der Waals surface area contributed by atoms with Gasteiger partial charge in [0.15, 0.2) is 0 Å². The third-order valence-electron chi connectivity index (χ3n) is 6.75. The van der Waals surface area contributed by atoms with Crippen molar-refractivity contribution in [1.29, 1.82) is 0 Å². The van der Waals surface area contributed by atoms with E-state index in [4.69, 9.17) is 4.74 Å². The zero-order valence-corrected chi connectivity index (χ0v) is 19.8. The highest BCUT2D eigenvalue weighted by Crippen LogP contribution is 2.50. The first-order valence-corrected chi connectivity index (χ1v) is 12.7. The van der Waals surface area contributed by atoms with E-state index in [1.54, 1.807) is 13.2 Å². The lowest BCUT2D eigenvalue weighted by Gasteiger charge is -2.37. The standard InChI is InChI=1S/C27H28N2O3S/c1-17-7-13-25(18(2)15-17)29-33(30,31)21-12-14-26-24(16-21)22-5-4-6-23(22)27(28-26)19-8-10-20(32-3)11-9-19/h4-5,7-16,22-23,27-29H,6H2,1-3H3/t22-,23-,27-/m0/s1. The number of methoxy groups -OCH3 is 1. The average molecular weight is 461 g/mol. The highest BCUT2D eigenvalue weighted by Gasteiger charge is 2.38. The van der Waals surface area contributed by atoms with Crippen LogP contribution in [0.15, 0.2) is 77.7 Å². The molecule has 6 heteroatoms. The fourth-order valence-electron chi connectivity index (χ4n) is 5.01. The molecule has 3 atom stereocenters. The third kappa shape index (κ3) is 4.00. The van der Waals surface area contributed by atoms with Gasteiger partial charge in [-0.25, -0.2) is 8.42 Å². The molecule has 0 saturated heterocycles. The van der Waals surface area contributed by atoms with E-state index in [0.29, 0.717) is 11.6 Å². The molecule has 1 heterocycles. The van der Waals surface area contributed by atoms with Gasteiger partial charge in [-0.2, -0.15) is 0 Å². The Hall–Kier alpha value is -3.25. The maximum Gasteiger partial charge on any atom is 0.261 e. The molecule has 1 aliphatic carbocycles. The SMILES string of the molecule is COc1ccc([C@@H]2Nc3ccc(S(=O)(=O)Nc4ccc(C)cc4C)cc3[C@H]3C=CC[C@@H]32)cc1. The molecule has 0 radical (unpaired) electrons. The van der Waals surface area contributed by atoms with Crippen LogP contribution in [0.3, 0.4) is 0 Å². The Labute approximate surface area is 195 Å². The largest absolute Gasteiger partial charge is 0.497 e. The fraction of sp³-hybridized carbons (Fsp3) is 0.259. The lowest BCUT2D eigenvalue weighted by atomic mass is 9.77. The van der Waals surface area contributed by atoms with E-state index in [1.807, 2.05) is 56.3 Å². The summed E-state index contributed by atoms with van der Waals surface area (Å²) in [6, 6.07) is 19.4. The first kappa shape index (κ1) is 21.6. The Morgan fingerprint density at radius 2 is 1.79 bits per heavy atom. The number of aryl methyl sites for hydroxylation is 2. The Morgan fingerprint density at radius 1 is 1.00 bits per heavy atom. The molecule has 1 aliphatic heterocycles. The Bertz CT molecular complexity index is 1330. The van der Waals surface area contributed by atoms with Crippen LogP contribution in [0.1, 0.15) is 40.6 Å². The molecule has 5 nitrogen and oxygen atoms in total. The van der Waals surface area contributed by atoms with Crippen LogP contribution in [0.4, 0.5) is 11.4 Å². The van der Waals surface area contributed by atoms with Gasteiger partial charge in [0.05, 0.1) is 23.7 Å². The first-order chi connectivity index (χ1) is 15.9. The van der Waals surface area contributed by atoms with E-state index >= 15 is 0 Å². The first-order valence-electron chi connectivity index (χ1n) is 11.2. The van der Waals surface area contributed by atoms with Gasteiger partial charge in [-0.3, -0.25) is 4.72 Å². The van der Waals surface area contributed by atoms with Gasteiger partial charge in [0.2, 0.25) is 0 Å². The van der Waals surface area contributed by atoms with E-state index in [2.05, 4.69) is 34.3 Å². The van der Waals surface area contributed by atoms with Gasteiger partial charge in [0.25, 0.3) is 10.0 Å². The van der Waals surface area contributed by atoms with Crippen molar-refractivity contribution >= 4 is 21.4 Å². The zero-order chi connectivity index (χ0) is 23.2. The number of fused-ring (bicyclic) bond motifs is 3. The summed E-state index contributed by atoms with van der Waals surface area (Å²) in [7, 11) is -2.03. The second-order valence-electron chi connectivity index (χ2n) is 8.92. The normalized spacial score (nSPS) is 21.1. The fourth-order valence-corrected chi connectivity index (χ4v) is 6.18. The second kappa shape index (κ2) is 8.27. The molecule has 0 saturated carbocycles. The molecule has 0 fully saturated rings. The Morgan fingerprint density at radius 3 is 2.52 bits per heavy atom. The number of nitrogens with one attached hydrogen (secondary N) is 2. The predicted octanol–water partition coefficient (Wildman–Crippen LogP) is 5.94. The van der Waals surface area contributed by atoms with Crippen molar-refractivity contribution in [3.8, 4) is 5.75 Å². The number of hydrogen-bond acceptors (Lipinski definition) is 4. The van der Waals surface area contributed by atoms with Crippen LogP contribution in [0.25, 0.3) is 0 Å². The highest BCUT2D eigenvalue weighted by molar-refractivity contribution is 7.92. The average Bonchev–Trinajstić information content (AvgIpc) is 3.30. The summed E-state index contributed by atoms with van der Waals surface area (Å²) in [5.74, 6) is 1.34. The summed E-state index contributed by atoms with van der Waals surface area (Å²) in [6.07, 6.45) is 5.37. The molecule has 0 spiro atoms. The summed E-state index contributed by atoms with van der Waals surface area (Å²) in [4.78, 5) is 0.282. The van der Waals surface area contributed by atoms with Gasteiger partial charge in [-0.05, 0) is 79.3 Å². The van der Waals surface area contributed by atoms with Crippen molar-refractivity contribution in [3.63, 3.8) is 0 Å². The van der Waals surface area contributed by atoms with E-state index in [9.17, 15) is 8.42 Å². The van der Waals surface area contributed by atoms with Crippen LogP contribution in [0, 0.1) is 19.8 Å². The van der Waals surface area contributed by atoms with Crippen molar-refractivity contribution in [1.82, 2.24) is 0 Å². The maximum absolute atomic E-state index is 13.2. The molecular weight excluding hydrogens is 432 g/mol. The van der Waals surface area contributed by atoms with E-state index < -0.39 is 10.0 Å². The summed E-state index contributed by atoms with van der Waals surface area (Å²) in [5, 5.41) is 3.67. The summed E-state index contributed by atoms with van der Waals surface area (Å²) in [5.41, 5.74) is 5.82. The number of benzene rings is 3. The van der Waals surface area contributed by atoms with Gasteiger partial charge in [0, 0.05) is 11.6 Å². The molecule has 3 aromatic carbocycles. The molecular formula is C27H28N2O3S.